The van der Waals surface area contributed by atoms with Crippen molar-refractivity contribution in [3.63, 3.8) is 0 Å². The Morgan fingerprint density at radius 3 is 1.72 bits per heavy atom. The number of nitrogens with zero attached hydrogens (tertiary/aromatic N) is 4. The number of fused-ring (bicyclic) bond motifs is 3. The van der Waals surface area contributed by atoms with Gasteiger partial charge in [-0.1, -0.05) is 178 Å². The molecule has 1 aliphatic rings. The van der Waals surface area contributed by atoms with Crippen molar-refractivity contribution in [3.8, 4) is 28.4 Å². The molecule has 0 amide bonds. The number of hydrogen-bond acceptors (Lipinski definition) is 4. The van der Waals surface area contributed by atoms with Crippen LogP contribution < -0.4 is 14.5 Å². The molecule has 0 saturated heterocycles. The number of hydrogen-bond donors (Lipinski definition) is 0. The monoisotopic (exact) mass is 905 g/mol. The van der Waals surface area contributed by atoms with Crippen molar-refractivity contribution >= 4 is 33.2 Å². The molecule has 1 aliphatic heterocycles. The van der Waals surface area contributed by atoms with Crippen LogP contribution in [0.2, 0.25) is 0 Å². The van der Waals surface area contributed by atoms with Gasteiger partial charge in [-0.05, 0) is 105 Å². The quantitative estimate of drug-likeness (QED) is 0.137. The van der Waals surface area contributed by atoms with Crippen LogP contribution >= 0.6 is 0 Å². The Kier molecular flexibility index (Phi) is 11.4. The molecule has 5 heteroatoms. The highest BCUT2D eigenvalue weighted by molar-refractivity contribution is 6.10. The average Bonchev–Trinajstić information content (AvgIpc) is 3.95. The normalized spacial score (nSPS) is 13.6. The van der Waals surface area contributed by atoms with Crippen LogP contribution in [-0.2, 0) is 16.2 Å². The lowest BCUT2D eigenvalue weighted by atomic mass is 9.78. The number of rotatable bonds is 10. The second-order valence-corrected chi connectivity index (χ2v) is 21.9. The first-order valence-corrected chi connectivity index (χ1v) is 24.4. The average molecular weight is 905 g/mol. The summed E-state index contributed by atoms with van der Waals surface area (Å²) in [4.78, 5) is 9.91. The molecule has 0 aliphatic carbocycles. The number of ether oxygens (including phenoxy) is 1. The number of aromatic nitrogens is 2. The molecule has 9 aromatic rings. The van der Waals surface area contributed by atoms with Gasteiger partial charge in [-0.15, -0.1) is 0 Å². The smallest absolute Gasteiger partial charge is 0.137 e. The van der Waals surface area contributed by atoms with Crippen LogP contribution in [-0.4, -0.2) is 16.2 Å². The standard InChI is InChI=1S/C64H64N4O/c1-61(2,3)50-35-45(44-21-14-11-15-22-44)36-52(37-50)67-43-66(42-59(67)62(4,5)6)51-27-20-28-53(40-51)69-54-30-31-55-56-38-48(63(7,8)46-23-16-12-17-24-46)29-32-57(56)68(58(55)41-54)60-39-49(33-34-65-60)64(9,10)47-25-18-13-19-26-47/h11-42H,43H2,1-10H3. The zero-order valence-corrected chi connectivity index (χ0v) is 41.9. The highest BCUT2D eigenvalue weighted by atomic mass is 16.5. The van der Waals surface area contributed by atoms with E-state index in [1.807, 2.05) is 6.20 Å². The van der Waals surface area contributed by atoms with Crippen molar-refractivity contribution in [1.82, 2.24) is 9.55 Å². The van der Waals surface area contributed by atoms with Gasteiger partial charge in [0, 0.05) is 68.6 Å². The van der Waals surface area contributed by atoms with E-state index < -0.39 is 0 Å². The molecule has 0 unspecified atom stereocenters. The molecule has 0 spiro atoms. The minimum absolute atomic E-state index is 0.0182. The van der Waals surface area contributed by atoms with Gasteiger partial charge in [0.25, 0.3) is 0 Å². The second-order valence-electron chi connectivity index (χ2n) is 21.9. The minimum atomic E-state index is -0.235. The molecule has 5 nitrogen and oxygen atoms in total. The Morgan fingerprint density at radius 2 is 1.07 bits per heavy atom. The zero-order valence-electron chi connectivity index (χ0n) is 41.9. The summed E-state index contributed by atoms with van der Waals surface area (Å²) in [7, 11) is 0. The fourth-order valence-electron chi connectivity index (χ4n) is 9.99. The fraction of sp³-hybridized carbons (Fsp3) is 0.234. The summed E-state index contributed by atoms with van der Waals surface area (Å²) in [6.07, 6.45) is 4.28. The molecule has 3 heterocycles. The topological polar surface area (TPSA) is 33.5 Å². The maximum Gasteiger partial charge on any atom is 0.137 e. The first-order chi connectivity index (χ1) is 32.9. The molecule has 0 N–H and O–H groups in total. The summed E-state index contributed by atoms with van der Waals surface area (Å²) in [5.41, 5.74) is 13.9. The molecule has 346 valence electrons. The molecule has 69 heavy (non-hydrogen) atoms. The van der Waals surface area contributed by atoms with Crippen LogP contribution in [0.3, 0.4) is 0 Å². The maximum absolute atomic E-state index is 6.87. The predicted octanol–water partition coefficient (Wildman–Crippen LogP) is 16.8. The third-order valence-electron chi connectivity index (χ3n) is 14.4. The van der Waals surface area contributed by atoms with Gasteiger partial charge >= 0.3 is 0 Å². The van der Waals surface area contributed by atoms with E-state index in [4.69, 9.17) is 9.72 Å². The maximum atomic E-state index is 6.87. The Labute approximate surface area is 409 Å². The first-order valence-electron chi connectivity index (χ1n) is 24.4. The molecule has 0 radical (unpaired) electrons. The molecule has 0 saturated carbocycles. The largest absolute Gasteiger partial charge is 0.457 e. The van der Waals surface area contributed by atoms with Crippen LogP contribution in [0.5, 0.6) is 11.5 Å². The number of pyridine rings is 1. The first kappa shape index (κ1) is 45.4. The van der Waals surface area contributed by atoms with Crippen LogP contribution in [0, 0.1) is 5.41 Å². The van der Waals surface area contributed by atoms with E-state index in [0.717, 1.165) is 39.4 Å². The molecule has 2 aromatic heterocycles. The lowest BCUT2D eigenvalue weighted by molar-refractivity contribution is 0.483. The summed E-state index contributed by atoms with van der Waals surface area (Å²) in [6.45, 7) is 23.7. The van der Waals surface area contributed by atoms with Crippen molar-refractivity contribution in [1.29, 1.82) is 0 Å². The van der Waals surface area contributed by atoms with E-state index in [1.165, 1.54) is 55.7 Å². The number of anilines is 2. The van der Waals surface area contributed by atoms with Gasteiger partial charge in [0.15, 0.2) is 0 Å². The van der Waals surface area contributed by atoms with Crippen molar-refractivity contribution in [2.45, 2.75) is 85.5 Å². The zero-order chi connectivity index (χ0) is 48.3. The Balaban J connectivity index is 1.03. The number of allylic oxidation sites excluding steroid dienone is 1. The van der Waals surface area contributed by atoms with Crippen LogP contribution in [0.15, 0.2) is 200 Å². The molecular weight excluding hydrogens is 841 g/mol. The van der Waals surface area contributed by atoms with E-state index >= 15 is 0 Å². The van der Waals surface area contributed by atoms with Crippen LogP contribution in [0.25, 0.3) is 38.8 Å². The van der Waals surface area contributed by atoms with Crippen LogP contribution in [0.4, 0.5) is 11.4 Å². The van der Waals surface area contributed by atoms with Gasteiger partial charge in [-0.2, -0.15) is 0 Å². The third-order valence-corrected chi connectivity index (χ3v) is 14.4. The predicted molar refractivity (Wildman–Crippen MR) is 290 cm³/mol. The van der Waals surface area contributed by atoms with E-state index in [-0.39, 0.29) is 21.7 Å². The molecular formula is C64H64N4O. The van der Waals surface area contributed by atoms with Gasteiger partial charge in [0.1, 0.15) is 17.3 Å². The lowest BCUT2D eigenvalue weighted by Gasteiger charge is -2.32. The lowest BCUT2D eigenvalue weighted by Crippen LogP contribution is -2.31. The van der Waals surface area contributed by atoms with E-state index in [1.54, 1.807) is 0 Å². The molecule has 7 aromatic carbocycles. The Hall–Kier alpha value is -7.37. The van der Waals surface area contributed by atoms with Crippen molar-refractivity contribution in [2.24, 2.45) is 5.41 Å². The van der Waals surface area contributed by atoms with Gasteiger partial charge in [0.2, 0.25) is 0 Å². The highest BCUT2D eigenvalue weighted by Gasteiger charge is 2.33. The molecule has 10 rings (SSSR count). The second kappa shape index (κ2) is 17.3. The van der Waals surface area contributed by atoms with Crippen molar-refractivity contribution in [2.75, 3.05) is 16.5 Å². The summed E-state index contributed by atoms with van der Waals surface area (Å²) in [6, 6.07) is 65.7. The molecule has 0 atom stereocenters. The van der Waals surface area contributed by atoms with Crippen LogP contribution in [0.1, 0.15) is 97.1 Å². The summed E-state index contributed by atoms with van der Waals surface area (Å²) < 4.78 is 9.19. The molecule has 0 bridgehead atoms. The SMILES string of the molecule is CC(C)(C)C1=CN(c2cccc(Oc3ccc4c5cc(C(C)(C)c6ccccc6)ccc5n(-c5cc(C(C)(C)c6ccccc6)ccn5)c4c3)c2)CN1c1cc(-c2ccccc2)cc(C(C)(C)C)c1. The summed E-state index contributed by atoms with van der Waals surface area (Å²) in [5, 5.41) is 2.33. The summed E-state index contributed by atoms with van der Waals surface area (Å²) >= 11 is 0. The number of benzene rings is 7. The Morgan fingerprint density at radius 1 is 0.435 bits per heavy atom. The van der Waals surface area contributed by atoms with E-state index in [9.17, 15) is 0 Å². The van der Waals surface area contributed by atoms with Crippen molar-refractivity contribution in [3.05, 3.63) is 228 Å². The minimum Gasteiger partial charge on any atom is -0.457 e. The van der Waals surface area contributed by atoms with E-state index in [2.05, 4.69) is 272 Å². The summed E-state index contributed by atoms with van der Waals surface area (Å²) in [5.74, 6) is 2.40. The van der Waals surface area contributed by atoms with E-state index in [0.29, 0.717) is 6.67 Å². The highest BCUT2D eigenvalue weighted by Crippen LogP contribution is 2.44. The Bertz CT molecular complexity index is 3350. The fourth-order valence-corrected chi connectivity index (χ4v) is 9.99. The van der Waals surface area contributed by atoms with Gasteiger partial charge in [0.05, 0.1) is 17.7 Å². The van der Waals surface area contributed by atoms with Gasteiger partial charge < -0.3 is 14.5 Å². The third kappa shape index (κ3) is 8.72. The van der Waals surface area contributed by atoms with Crippen molar-refractivity contribution < 1.29 is 4.74 Å². The van der Waals surface area contributed by atoms with Gasteiger partial charge in [-0.3, -0.25) is 4.57 Å². The molecule has 0 fully saturated rings. The van der Waals surface area contributed by atoms with Gasteiger partial charge in [-0.25, -0.2) is 4.98 Å².